The Labute approximate surface area is 195 Å². The summed E-state index contributed by atoms with van der Waals surface area (Å²) in [7, 11) is 0. The number of aromatic nitrogens is 2. The molecule has 2 heterocycles. The third kappa shape index (κ3) is 5.38. The van der Waals surface area contributed by atoms with Crippen LogP contribution in [0.5, 0.6) is 0 Å². The van der Waals surface area contributed by atoms with Gasteiger partial charge in [0.2, 0.25) is 0 Å². The smallest absolute Gasteiger partial charge is 0.254 e. The van der Waals surface area contributed by atoms with Crippen molar-refractivity contribution < 1.29 is 9.18 Å². The zero-order chi connectivity index (χ0) is 23.4. The van der Waals surface area contributed by atoms with Gasteiger partial charge in [0, 0.05) is 49.4 Å². The standard InChI is InChI=1S/C27H31FN4O/c1-4-25-24(17-21-11-9-19(2)10-12-21)26(30-20(3)29-25)31-13-6-14-32(16-15-31)27(33)22-7-5-8-23(28)18-22/h5,7-12,18H,4,6,13-17H2,1-3H3. The van der Waals surface area contributed by atoms with Crippen molar-refractivity contribution in [1.29, 1.82) is 0 Å². The molecule has 6 heteroatoms. The largest absolute Gasteiger partial charge is 0.354 e. The highest BCUT2D eigenvalue weighted by molar-refractivity contribution is 5.94. The topological polar surface area (TPSA) is 49.3 Å². The molecule has 1 amide bonds. The number of anilines is 1. The van der Waals surface area contributed by atoms with E-state index in [0.717, 1.165) is 48.7 Å². The minimum Gasteiger partial charge on any atom is -0.354 e. The average Bonchev–Trinajstić information content (AvgIpc) is 3.07. The lowest BCUT2D eigenvalue weighted by molar-refractivity contribution is 0.0766. The first-order chi connectivity index (χ1) is 15.9. The Morgan fingerprint density at radius 2 is 1.79 bits per heavy atom. The molecule has 4 rings (SSSR count). The zero-order valence-electron chi connectivity index (χ0n) is 19.6. The first kappa shape index (κ1) is 22.9. The Morgan fingerprint density at radius 3 is 2.52 bits per heavy atom. The second-order valence-corrected chi connectivity index (χ2v) is 8.68. The van der Waals surface area contributed by atoms with Crippen LogP contribution in [-0.4, -0.2) is 47.0 Å². The van der Waals surface area contributed by atoms with Gasteiger partial charge in [-0.25, -0.2) is 14.4 Å². The maximum Gasteiger partial charge on any atom is 0.254 e. The fraction of sp³-hybridized carbons (Fsp3) is 0.370. The van der Waals surface area contributed by atoms with E-state index in [1.165, 1.54) is 23.3 Å². The minimum atomic E-state index is -0.387. The van der Waals surface area contributed by atoms with Crippen molar-refractivity contribution in [2.45, 2.75) is 40.0 Å². The molecule has 0 unspecified atom stereocenters. The molecule has 1 saturated heterocycles. The summed E-state index contributed by atoms with van der Waals surface area (Å²) >= 11 is 0. The molecule has 1 aliphatic rings. The number of rotatable bonds is 5. The lowest BCUT2D eigenvalue weighted by atomic mass is 10.0. The van der Waals surface area contributed by atoms with E-state index in [1.54, 1.807) is 12.1 Å². The third-order valence-electron chi connectivity index (χ3n) is 6.17. The molecule has 0 bridgehead atoms. The summed E-state index contributed by atoms with van der Waals surface area (Å²) in [6.45, 7) is 8.88. The van der Waals surface area contributed by atoms with E-state index < -0.39 is 0 Å². The Hall–Kier alpha value is -3.28. The van der Waals surface area contributed by atoms with Gasteiger partial charge in [0.1, 0.15) is 17.5 Å². The molecule has 1 fully saturated rings. The summed E-state index contributed by atoms with van der Waals surface area (Å²) in [5, 5.41) is 0. The summed E-state index contributed by atoms with van der Waals surface area (Å²) in [5.74, 6) is 1.23. The van der Waals surface area contributed by atoms with Crippen LogP contribution in [0.25, 0.3) is 0 Å². The van der Waals surface area contributed by atoms with Crippen LogP contribution in [0.15, 0.2) is 48.5 Å². The van der Waals surface area contributed by atoms with E-state index in [4.69, 9.17) is 9.97 Å². The van der Waals surface area contributed by atoms with Gasteiger partial charge >= 0.3 is 0 Å². The Bertz CT molecular complexity index is 1130. The molecule has 0 aliphatic carbocycles. The molecule has 0 atom stereocenters. The highest BCUT2D eigenvalue weighted by Gasteiger charge is 2.24. The second-order valence-electron chi connectivity index (χ2n) is 8.68. The van der Waals surface area contributed by atoms with Crippen molar-refractivity contribution in [3.8, 4) is 0 Å². The first-order valence-corrected chi connectivity index (χ1v) is 11.7. The molecule has 0 N–H and O–H groups in total. The number of amides is 1. The molecule has 0 spiro atoms. The van der Waals surface area contributed by atoms with Crippen LogP contribution < -0.4 is 4.90 Å². The number of halogens is 1. The summed E-state index contributed by atoms with van der Waals surface area (Å²) in [5.41, 5.74) is 5.12. The number of nitrogens with zero attached hydrogens (tertiary/aromatic N) is 4. The highest BCUT2D eigenvalue weighted by atomic mass is 19.1. The van der Waals surface area contributed by atoms with Crippen LogP contribution in [0.1, 0.15) is 51.9 Å². The van der Waals surface area contributed by atoms with Crippen molar-refractivity contribution in [3.63, 3.8) is 0 Å². The van der Waals surface area contributed by atoms with Gasteiger partial charge in [-0.1, -0.05) is 42.8 Å². The van der Waals surface area contributed by atoms with Crippen molar-refractivity contribution in [3.05, 3.63) is 88.1 Å². The summed E-state index contributed by atoms with van der Waals surface area (Å²) in [6.07, 6.45) is 2.45. The molecule has 5 nitrogen and oxygen atoms in total. The van der Waals surface area contributed by atoms with Gasteiger partial charge in [0.25, 0.3) is 5.91 Å². The summed E-state index contributed by atoms with van der Waals surface area (Å²) in [6, 6.07) is 14.5. The number of carbonyl (C=O) groups is 1. The maximum absolute atomic E-state index is 13.6. The molecule has 0 radical (unpaired) electrons. The van der Waals surface area contributed by atoms with E-state index >= 15 is 0 Å². The Morgan fingerprint density at radius 1 is 1.00 bits per heavy atom. The first-order valence-electron chi connectivity index (χ1n) is 11.7. The van der Waals surface area contributed by atoms with Crippen LogP contribution in [0.3, 0.4) is 0 Å². The molecule has 1 aliphatic heterocycles. The number of carbonyl (C=O) groups excluding carboxylic acids is 1. The van der Waals surface area contributed by atoms with Gasteiger partial charge < -0.3 is 9.80 Å². The van der Waals surface area contributed by atoms with Gasteiger partial charge in [-0.3, -0.25) is 4.79 Å². The lowest BCUT2D eigenvalue weighted by Crippen LogP contribution is -2.36. The van der Waals surface area contributed by atoms with Crippen LogP contribution >= 0.6 is 0 Å². The quantitative estimate of drug-likeness (QED) is 0.568. The molecule has 3 aromatic rings. The number of hydrogen-bond donors (Lipinski definition) is 0. The SMILES string of the molecule is CCc1nc(C)nc(N2CCCN(C(=O)c3cccc(F)c3)CC2)c1Cc1ccc(C)cc1. The van der Waals surface area contributed by atoms with Crippen molar-refractivity contribution in [1.82, 2.24) is 14.9 Å². The van der Waals surface area contributed by atoms with Gasteiger partial charge in [0.05, 0.1) is 0 Å². The Kier molecular flexibility index (Phi) is 7.02. The van der Waals surface area contributed by atoms with E-state index in [9.17, 15) is 9.18 Å². The van der Waals surface area contributed by atoms with E-state index in [1.807, 2.05) is 11.8 Å². The second kappa shape index (κ2) is 10.1. The molecular formula is C27H31FN4O. The summed E-state index contributed by atoms with van der Waals surface area (Å²) in [4.78, 5) is 26.7. The minimum absolute atomic E-state index is 0.121. The summed E-state index contributed by atoms with van der Waals surface area (Å²) < 4.78 is 13.6. The van der Waals surface area contributed by atoms with Crippen LogP contribution in [0, 0.1) is 19.7 Å². The van der Waals surface area contributed by atoms with Crippen molar-refractivity contribution in [2.24, 2.45) is 0 Å². The molecule has 33 heavy (non-hydrogen) atoms. The number of aryl methyl sites for hydroxylation is 3. The van der Waals surface area contributed by atoms with E-state index in [2.05, 4.69) is 43.0 Å². The monoisotopic (exact) mass is 446 g/mol. The van der Waals surface area contributed by atoms with E-state index in [-0.39, 0.29) is 11.7 Å². The Balaban J connectivity index is 1.58. The van der Waals surface area contributed by atoms with Crippen LogP contribution in [-0.2, 0) is 12.8 Å². The average molecular weight is 447 g/mol. The normalized spacial score (nSPS) is 14.3. The van der Waals surface area contributed by atoms with Crippen molar-refractivity contribution in [2.75, 3.05) is 31.1 Å². The maximum atomic E-state index is 13.6. The fourth-order valence-electron chi connectivity index (χ4n) is 4.42. The molecule has 172 valence electrons. The van der Waals surface area contributed by atoms with Gasteiger partial charge in [-0.05, 0) is 50.5 Å². The van der Waals surface area contributed by atoms with Crippen molar-refractivity contribution >= 4 is 11.7 Å². The molecular weight excluding hydrogens is 415 g/mol. The predicted octanol–water partition coefficient (Wildman–Crippen LogP) is 4.74. The zero-order valence-corrected chi connectivity index (χ0v) is 19.6. The molecule has 1 aromatic heterocycles. The van der Waals surface area contributed by atoms with E-state index in [0.29, 0.717) is 25.2 Å². The van der Waals surface area contributed by atoms with Gasteiger partial charge in [-0.2, -0.15) is 0 Å². The number of hydrogen-bond acceptors (Lipinski definition) is 4. The van der Waals surface area contributed by atoms with Gasteiger partial charge in [0.15, 0.2) is 0 Å². The lowest BCUT2D eigenvalue weighted by Gasteiger charge is -2.26. The molecule has 0 saturated carbocycles. The van der Waals surface area contributed by atoms with Gasteiger partial charge in [-0.15, -0.1) is 0 Å². The third-order valence-corrected chi connectivity index (χ3v) is 6.17. The number of benzene rings is 2. The predicted molar refractivity (Wildman–Crippen MR) is 129 cm³/mol. The van der Waals surface area contributed by atoms with Crippen LogP contribution in [0.2, 0.25) is 0 Å². The fourth-order valence-corrected chi connectivity index (χ4v) is 4.42. The molecule has 2 aromatic carbocycles. The highest BCUT2D eigenvalue weighted by Crippen LogP contribution is 2.26. The van der Waals surface area contributed by atoms with Crippen LogP contribution in [0.4, 0.5) is 10.2 Å².